The molecule has 1 saturated heterocycles. The van der Waals surface area contributed by atoms with Crippen LogP contribution in [0.5, 0.6) is 0 Å². The van der Waals surface area contributed by atoms with Crippen LogP contribution in [0.2, 0.25) is 0 Å². The molecule has 5 aliphatic rings. The minimum absolute atomic E-state index is 0.0313. The van der Waals surface area contributed by atoms with E-state index in [1.54, 1.807) is 11.8 Å². The van der Waals surface area contributed by atoms with Crippen LogP contribution in [0, 0.1) is 5.41 Å². The molecule has 0 aromatic carbocycles. The molecule has 4 heterocycles. The Bertz CT molecular complexity index is 988. The summed E-state index contributed by atoms with van der Waals surface area (Å²) in [4.78, 5) is 33.4. The Balaban J connectivity index is 1.67. The van der Waals surface area contributed by atoms with Gasteiger partial charge in [0.05, 0.1) is 27.0 Å². The molecule has 126 valence electrons. The molecule has 2 N–H and O–H groups in total. The van der Waals surface area contributed by atoms with Gasteiger partial charge in [0.1, 0.15) is 0 Å². The third kappa shape index (κ3) is 1.64. The van der Waals surface area contributed by atoms with Gasteiger partial charge in [0.25, 0.3) is 0 Å². The molecule has 0 saturated carbocycles. The lowest BCUT2D eigenvalue weighted by Gasteiger charge is -2.42. The van der Waals surface area contributed by atoms with Gasteiger partial charge in [-0.2, -0.15) is 0 Å². The molecular weight excluding hydrogens is 402 g/mol. The molecule has 1 spiro atoms. The third-order valence-corrected chi connectivity index (χ3v) is 8.21. The van der Waals surface area contributed by atoms with Crippen LogP contribution in [-0.2, 0) is 11.2 Å². The van der Waals surface area contributed by atoms with Crippen molar-refractivity contribution >= 4 is 45.0 Å². The van der Waals surface area contributed by atoms with E-state index in [1.165, 1.54) is 5.56 Å². The summed E-state index contributed by atoms with van der Waals surface area (Å²) in [6.07, 6.45) is 6.28. The molecule has 1 aromatic rings. The first-order valence-electron chi connectivity index (χ1n) is 8.47. The van der Waals surface area contributed by atoms with E-state index in [2.05, 4.69) is 32.3 Å². The van der Waals surface area contributed by atoms with E-state index in [4.69, 9.17) is 4.99 Å². The van der Waals surface area contributed by atoms with Crippen LogP contribution in [0.25, 0.3) is 0 Å². The van der Waals surface area contributed by atoms with Gasteiger partial charge in [-0.15, -0.1) is 11.8 Å². The van der Waals surface area contributed by atoms with Gasteiger partial charge in [-0.25, -0.2) is 0 Å². The zero-order valence-corrected chi connectivity index (χ0v) is 15.6. The van der Waals surface area contributed by atoms with Crippen molar-refractivity contribution in [2.75, 3.05) is 6.54 Å². The van der Waals surface area contributed by atoms with E-state index < -0.39 is 0 Å². The summed E-state index contributed by atoms with van der Waals surface area (Å²) in [5.41, 5.74) is 5.18. The fourth-order valence-electron chi connectivity index (χ4n) is 4.97. The zero-order chi connectivity index (χ0) is 16.9. The van der Waals surface area contributed by atoms with Crippen LogP contribution >= 0.6 is 27.7 Å². The average Bonchev–Trinajstić information content (AvgIpc) is 3.13. The number of carbonyl (C=O) groups is 2. The summed E-state index contributed by atoms with van der Waals surface area (Å²) in [5.74, 6) is 0.178. The quantitative estimate of drug-likeness (QED) is 0.682. The van der Waals surface area contributed by atoms with Gasteiger partial charge in [-0.3, -0.25) is 14.6 Å². The molecule has 3 aliphatic heterocycles. The van der Waals surface area contributed by atoms with Crippen molar-refractivity contribution in [3.8, 4) is 0 Å². The van der Waals surface area contributed by atoms with Crippen LogP contribution in [0.4, 0.5) is 0 Å². The van der Waals surface area contributed by atoms with E-state index in [9.17, 15) is 9.59 Å². The first-order chi connectivity index (χ1) is 12.1. The summed E-state index contributed by atoms with van der Waals surface area (Å²) in [5, 5.41) is 3.77. The molecule has 0 radical (unpaired) electrons. The van der Waals surface area contributed by atoms with Gasteiger partial charge in [-0.05, 0) is 34.3 Å². The Labute approximate surface area is 156 Å². The molecular formula is C18H14BrN3O2S. The van der Waals surface area contributed by atoms with Crippen molar-refractivity contribution in [3.05, 3.63) is 44.8 Å². The lowest BCUT2D eigenvalue weighted by Crippen LogP contribution is -2.47. The number of H-pyrrole nitrogens is 1. The highest BCUT2D eigenvalue weighted by Gasteiger charge is 2.59. The number of aromatic amines is 1. The fourth-order valence-corrected chi connectivity index (χ4v) is 7.27. The Morgan fingerprint density at radius 1 is 1.36 bits per heavy atom. The smallest absolute Gasteiger partial charge is 0.226 e. The summed E-state index contributed by atoms with van der Waals surface area (Å²) < 4.78 is 0.641. The molecule has 6 rings (SSSR count). The highest BCUT2D eigenvalue weighted by Crippen LogP contribution is 2.61. The molecule has 2 aliphatic carbocycles. The molecule has 7 heteroatoms. The molecule has 25 heavy (non-hydrogen) atoms. The topological polar surface area (TPSA) is 74.3 Å². The molecule has 0 amide bonds. The van der Waals surface area contributed by atoms with Crippen molar-refractivity contribution < 1.29 is 9.59 Å². The summed E-state index contributed by atoms with van der Waals surface area (Å²) in [6.45, 7) is 0.742. The second kappa shape index (κ2) is 4.57. The van der Waals surface area contributed by atoms with Gasteiger partial charge < -0.3 is 10.3 Å². The molecule has 3 atom stereocenters. The number of nitrogens with zero attached hydrogens (tertiary/aromatic N) is 1. The number of Topliss-reactive ketones (excluding diaryl/α,β-unsaturated/α-hetero) is 2. The second-order valence-electron chi connectivity index (χ2n) is 7.25. The number of thioether (sulfide) groups is 1. The molecule has 1 fully saturated rings. The van der Waals surface area contributed by atoms with Crippen molar-refractivity contribution in [2.45, 2.75) is 29.9 Å². The Morgan fingerprint density at radius 2 is 2.24 bits per heavy atom. The number of hydrogen-bond donors (Lipinski definition) is 2. The van der Waals surface area contributed by atoms with Gasteiger partial charge >= 0.3 is 0 Å². The molecule has 5 nitrogen and oxygen atoms in total. The predicted octanol–water partition coefficient (Wildman–Crippen LogP) is 2.48. The maximum Gasteiger partial charge on any atom is 0.226 e. The molecule has 1 aromatic heterocycles. The van der Waals surface area contributed by atoms with E-state index >= 15 is 0 Å². The fraction of sp³-hybridized carbons (Fsp3) is 0.389. The van der Waals surface area contributed by atoms with E-state index in [-0.39, 0.29) is 27.6 Å². The zero-order valence-electron chi connectivity index (χ0n) is 13.2. The van der Waals surface area contributed by atoms with E-state index in [0.29, 0.717) is 22.3 Å². The lowest BCUT2D eigenvalue weighted by molar-refractivity contribution is -0.115. The largest absolute Gasteiger partial charge is 0.370 e. The first-order valence-corrected chi connectivity index (χ1v) is 10.2. The number of fused-ring (bicyclic) bond motifs is 2. The van der Waals surface area contributed by atoms with Gasteiger partial charge in [0.2, 0.25) is 5.78 Å². The number of allylic oxidation sites excluding steroid dienone is 4. The van der Waals surface area contributed by atoms with Crippen molar-refractivity contribution in [2.24, 2.45) is 10.4 Å². The predicted molar refractivity (Wildman–Crippen MR) is 99.2 cm³/mol. The number of halogens is 1. The number of aliphatic imine (C=N–C) groups is 1. The van der Waals surface area contributed by atoms with Gasteiger partial charge in [0.15, 0.2) is 5.78 Å². The number of hydrogen-bond acceptors (Lipinski definition) is 5. The Hall–Kier alpha value is -1.60. The second-order valence-corrected chi connectivity index (χ2v) is 9.51. The number of aromatic nitrogens is 1. The normalized spacial score (nSPS) is 34.8. The van der Waals surface area contributed by atoms with E-state index in [0.717, 1.165) is 36.2 Å². The highest BCUT2D eigenvalue weighted by molar-refractivity contribution is 9.12. The SMILES string of the molecule is O=C1C[C@@H]2S[C@H]3C[C@]2(C=C1Br)C1=C(N3)C(=O)c2[nH]cc3c2C1=NCC3. The van der Waals surface area contributed by atoms with Crippen LogP contribution < -0.4 is 5.32 Å². The molecule has 2 bridgehead atoms. The Morgan fingerprint density at radius 3 is 3.12 bits per heavy atom. The van der Waals surface area contributed by atoms with Gasteiger partial charge in [0, 0.05) is 41.0 Å². The lowest BCUT2D eigenvalue weighted by atomic mass is 9.64. The summed E-state index contributed by atoms with van der Waals surface area (Å²) in [7, 11) is 0. The average molecular weight is 416 g/mol. The van der Waals surface area contributed by atoms with Crippen molar-refractivity contribution in [1.29, 1.82) is 0 Å². The minimum atomic E-state index is -0.291. The standard InChI is InChI=1S/C18H14BrN3O2S/c19-8-4-18-5-11(25-10(18)3-9(8)23)22-16-13(18)14-12-7(1-2-20-14)6-21-15(12)17(16)24/h4,6,10-11,21-22H,1-3,5H2/t10-,11-,18-/m0/s1. The number of carbonyl (C=O) groups excluding carboxylic acids is 2. The first kappa shape index (κ1) is 14.6. The van der Waals surface area contributed by atoms with Crippen LogP contribution in [0.3, 0.4) is 0 Å². The summed E-state index contributed by atoms with van der Waals surface area (Å²) >= 11 is 5.25. The van der Waals surface area contributed by atoms with Crippen molar-refractivity contribution in [1.82, 2.24) is 10.3 Å². The minimum Gasteiger partial charge on any atom is -0.370 e. The van der Waals surface area contributed by atoms with Crippen LogP contribution in [-0.4, -0.2) is 39.4 Å². The maximum absolute atomic E-state index is 13.2. The van der Waals surface area contributed by atoms with E-state index in [1.807, 2.05) is 6.20 Å². The monoisotopic (exact) mass is 415 g/mol. The number of rotatable bonds is 0. The van der Waals surface area contributed by atoms with Gasteiger partial charge in [-0.1, -0.05) is 6.08 Å². The molecule has 0 unspecified atom stereocenters. The van der Waals surface area contributed by atoms with Crippen molar-refractivity contribution in [3.63, 3.8) is 0 Å². The third-order valence-electron chi connectivity index (χ3n) is 6.01. The van der Waals surface area contributed by atoms with Crippen LogP contribution in [0.1, 0.15) is 34.5 Å². The maximum atomic E-state index is 13.2. The summed E-state index contributed by atoms with van der Waals surface area (Å²) in [6, 6.07) is 0. The number of nitrogens with one attached hydrogen (secondary N) is 2. The Kier molecular flexibility index (Phi) is 2.66. The number of ketones is 2. The highest BCUT2D eigenvalue weighted by atomic mass is 79.9. The van der Waals surface area contributed by atoms with Crippen LogP contribution in [0.15, 0.2) is 33.0 Å².